The van der Waals surface area contributed by atoms with Gasteiger partial charge in [-0.3, -0.25) is 0 Å². The van der Waals surface area contributed by atoms with E-state index >= 15 is 0 Å². The lowest BCUT2D eigenvalue weighted by atomic mass is 10.1. The number of aliphatic hydroxyl groups excluding tert-OH is 1. The van der Waals surface area contributed by atoms with Crippen molar-refractivity contribution in [3.05, 3.63) is 0 Å². The van der Waals surface area contributed by atoms with E-state index in [0.29, 0.717) is 6.04 Å². The number of unbranched alkanes of at least 4 members (excludes halogenated alkanes) is 1. The van der Waals surface area contributed by atoms with Crippen molar-refractivity contribution in [1.29, 1.82) is 0 Å². The molecule has 0 saturated carbocycles. The molecule has 0 atom stereocenters. The molecule has 5 nitrogen and oxygen atoms in total. The Balaban J connectivity index is 1.79. The highest BCUT2D eigenvalue weighted by molar-refractivity contribution is 5.76. The van der Waals surface area contributed by atoms with Crippen LogP contribution in [0.5, 0.6) is 0 Å². The van der Waals surface area contributed by atoms with E-state index in [1.54, 1.807) is 0 Å². The molecule has 0 spiro atoms. The Morgan fingerprint density at radius 2 is 2.00 bits per heavy atom. The van der Waals surface area contributed by atoms with Crippen molar-refractivity contribution in [1.82, 2.24) is 15.1 Å². The summed E-state index contributed by atoms with van der Waals surface area (Å²) in [5.41, 5.74) is 0. The molecule has 5 heteroatoms. The van der Waals surface area contributed by atoms with Gasteiger partial charge in [-0.2, -0.15) is 0 Å². The maximum Gasteiger partial charge on any atom is 0.320 e. The number of aliphatic hydroxyl groups is 1. The van der Waals surface area contributed by atoms with Gasteiger partial charge in [-0.15, -0.1) is 0 Å². The third-order valence-corrected chi connectivity index (χ3v) is 3.71. The Morgan fingerprint density at radius 1 is 1.24 bits per heavy atom. The highest BCUT2D eigenvalue weighted by Gasteiger charge is 2.33. The van der Waals surface area contributed by atoms with E-state index in [1.165, 1.54) is 0 Å². The van der Waals surface area contributed by atoms with E-state index in [-0.39, 0.29) is 12.6 Å². The van der Waals surface area contributed by atoms with Gasteiger partial charge in [0.05, 0.1) is 0 Å². The van der Waals surface area contributed by atoms with Crippen LogP contribution in [0.1, 0.15) is 25.7 Å². The fourth-order valence-electron chi connectivity index (χ4n) is 2.68. The van der Waals surface area contributed by atoms with Gasteiger partial charge in [0.1, 0.15) is 0 Å². The summed E-state index contributed by atoms with van der Waals surface area (Å²) in [5.74, 6) is 0. The molecule has 0 bridgehead atoms. The first-order valence-corrected chi connectivity index (χ1v) is 6.70. The van der Waals surface area contributed by atoms with E-state index in [1.807, 2.05) is 9.80 Å². The summed E-state index contributed by atoms with van der Waals surface area (Å²) in [6.45, 7) is 4.80. The molecule has 0 aromatic carbocycles. The van der Waals surface area contributed by atoms with Gasteiger partial charge in [0.2, 0.25) is 0 Å². The molecule has 0 aromatic rings. The molecule has 2 saturated heterocycles. The molecule has 98 valence electrons. The fraction of sp³-hybridized carbons (Fsp3) is 0.917. The van der Waals surface area contributed by atoms with Crippen LogP contribution in [-0.2, 0) is 0 Å². The molecule has 2 heterocycles. The lowest BCUT2D eigenvalue weighted by Crippen LogP contribution is -2.45. The summed E-state index contributed by atoms with van der Waals surface area (Å²) in [6, 6.07) is 0.640. The number of amides is 2. The van der Waals surface area contributed by atoms with Gasteiger partial charge >= 0.3 is 6.03 Å². The molecule has 2 aliphatic rings. The Kier molecular flexibility index (Phi) is 4.62. The number of nitrogens with zero attached hydrogens (tertiary/aromatic N) is 2. The van der Waals surface area contributed by atoms with Gasteiger partial charge in [-0.1, -0.05) is 0 Å². The average molecular weight is 241 g/mol. The molecule has 2 amide bonds. The minimum absolute atomic E-state index is 0.204. The van der Waals surface area contributed by atoms with Gasteiger partial charge in [0.15, 0.2) is 0 Å². The predicted molar refractivity (Wildman–Crippen MR) is 65.9 cm³/mol. The molecule has 2 rings (SSSR count). The maximum absolute atomic E-state index is 12.2. The maximum atomic E-state index is 12.2. The highest BCUT2D eigenvalue weighted by atomic mass is 16.3. The van der Waals surface area contributed by atoms with Gasteiger partial charge in [-0.05, 0) is 38.8 Å². The lowest BCUT2D eigenvalue weighted by Gasteiger charge is -2.31. The van der Waals surface area contributed by atoms with Crippen LogP contribution < -0.4 is 5.32 Å². The third-order valence-electron chi connectivity index (χ3n) is 3.71. The van der Waals surface area contributed by atoms with E-state index in [9.17, 15) is 4.79 Å². The Bertz CT molecular complexity index is 254. The van der Waals surface area contributed by atoms with E-state index in [4.69, 9.17) is 5.11 Å². The molecular weight excluding hydrogens is 218 g/mol. The number of carbonyl (C=O) groups is 1. The number of carbonyl (C=O) groups excluding carboxylic acids is 1. The first kappa shape index (κ1) is 12.6. The topological polar surface area (TPSA) is 55.8 Å². The zero-order valence-electron chi connectivity index (χ0n) is 10.4. The Hall–Kier alpha value is -0.810. The second-order valence-electron chi connectivity index (χ2n) is 4.87. The summed E-state index contributed by atoms with van der Waals surface area (Å²) >= 11 is 0. The molecule has 0 aromatic heterocycles. The number of piperidine rings is 1. The Labute approximate surface area is 103 Å². The predicted octanol–water partition coefficient (Wildman–Crippen LogP) is 0.248. The normalized spacial score (nSPS) is 22.5. The minimum atomic E-state index is 0.204. The second kappa shape index (κ2) is 6.21. The summed E-state index contributed by atoms with van der Waals surface area (Å²) in [6.07, 6.45) is 3.85. The van der Waals surface area contributed by atoms with Crippen LogP contribution in [0.4, 0.5) is 4.79 Å². The van der Waals surface area contributed by atoms with Crippen LogP contribution in [-0.4, -0.2) is 66.3 Å². The first-order valence-electron chi connectivity index (χ1n) is 6.70. The summed E-state index contributed by atoms with van der Waals surface area (Å²) in [7, 11) is 0. The van der Waals surface area contributed by atoms with Gasteiger partial charge in [-0.25, -0.2) is 4.79 Å². The van der Waals surface area contributed by atoms with Crippen molar-refractivity contribution < 1.29 is 9.90 Å². The zero-order chi connectivity index (χ0) is 12.1. The van der Waals surface area contributed by atoms with Crippen LogP contribution in [0, 0.1) is 0 Å². The van der Waals surface area contributed by atoms with Crippen molar-refractivity contribution in [2.24, 2.45) is 0 Å². The zero-order valence-corrected chi connectivity index (χ0v) is 10.4. The molecule has 0 aliphatic carbocycles. The van der Waals surface area contributed by atoms with Crippen LogP contribution >= 0.6 is 0 Å². The van der Waals surface area contributed by atoms with Crippen molar-refractivity contribution in [3.8, 4) is 0 Å². The highest BCUT2D eigenvalue weighted by Crippen LogP contribution is 2.18. The van der Waals surface area contributed by atoms with E-state index < -0.39 is 0 Å². The van der Waals surface area contributed by atoms with Crippen LogP contribution in [0.3, 0.4) is 0 Å². The molecule has 2 N–H and O–H groups in total. The standard InChI is InChI=1S/C12H23N3O2/c16-10-2-1-7-14-8-9-15(12(14)17)11-3-5-13-6-4-11/h11,13,16H,1-10H2. The van der Waals surface area contributed by atoms with Crippen LogP contribution in [0.15, 0.2) is 0 Å². The molecule has 0 radical (unpaired) electrons. The number of hydrogen-bond acceptors (Lipinski definition) is 3. The minimum Gasteiger partial charge on any atom is -0.396 e. The molecular formula is C12H23N3O2. The molecule has 2 aliphatic heterocycles. The monoisotopic (exact) mass is 241 g/mol. The number of rotatable bonds is 5. The molecule has 17 heavy (non-hydrogen) atoms. The third kappa shape index (κ3) is 3.10. The van der Waals surface area contributed by atoms with Crippen molar-refractivity contribution in [3.63, 3.8) is 0 Å². The largest absolute Gasteiger partial charge is 0.396 e. The van der Waals surface area contributed by atoms with Crippen LogP contribution in [0.25, 0.3) is 0 Å². The second-order valence-corrected chi connectivity index (χ2v) is 4.87. The lowest BCUT2D eigenvalue weighted by molar-refractivity contribution is 0.164. The van der Waals surface area contributed by atoms with E-state index in [2.05, 4.69) is 5.32 Å². The number of hydrogen-bond donors (Lipinski definition) is 2. The summed E-state index contributed by atoms with van der Waals surface area (Å²) in [4.78, 5) is 16.1. The fourth-order valence-corrected chi connectivity index (χ4v) is 2.68. The smallest absolute Gasteiger partial charge is 0.320 e. The first-order chi connectivity index (χ1) is 8.33. The SMILES string of the molecule is O=C1N(CCCCO)CCN1C1CCNCC1. The average Bonchev–Trinajstić information content (AvgIpc) is 2.73. The van der Waals surface area contributed by atoms with Crippen molar-refractivity contribution >= 4 is 6.03 Å². The quantitative estimate of drug-likeness (QED) is 0.678. The van der Waals surface area contributed by atoms with Crippen molar-refractivity contribution in [2.75, 3.05) is 39.3 Å². The number of nitrogens with one attached hydrogen (secondary N) is 1. The molecule has 2 fully saturated rings. The van der Waals surface area contributed by atoms with Gasteiger partial charge in [0, 0.05) is 32.3 Å². The molecule has 0 unspecified atom stereocenters. The number of urea groups is 1. The summed E-state index contributed by atoms with van der Waals surface area (Å²) < 4.78 is 0. The van der Waals surface area contributed by atoms with Crippen molar-refractivity contribution in [2.45, 2.75) is 31.7 Å². The van der Waals surface area contributed by atoms with E-state index in [0.717, 1.165) is 58.4 Å². The van der Waals surface area contributed by atoms with Gasteiger partial charge < -0.3 is 20.2 Å². The van der Waals surface area contributed by atoms with Crippen LogP contribution in [0.2, 0.25) is 0 Å². The summed E-state index contributed by atoms with van der Waals surface area (Å²) in [5, 5.41) is 12.1. The Morgan fingerprint density at radius 3 is 2.71 bits per heavy atom. The van der Waals surface area contributed by atoms with Gasteiger partial charge in [0.25, 0.3) is 0 Å².